The van der Waals surface area contributed by atoms with Gasteiger partial charge in [0.1, 0.15) is 23.1 Å². The summed E-state index contributed by atoms with van der Waals surface area (Å²) in [5, 5.41) is 6.85. The quantitative estimate of drug-likeness (QED) is 0.177. The first-order chi connectivity index (χ1) is 25.6. The van der Waals surface area contributed by atoms with E-state index in [1.807, 2.05) is 60.7 Å². The first kappa shape index (κ1) is 44.0. The largest absolute Gasteiger partial charge is 1.00 e. The summed E-state index contributed by atoms with van der Waals surface area (Å²) >= 11 is 0. The van der Waals surface area contributed by atoms with Gasteiger partial charge in [-0.1, -0.05) is 24.3 Å². The average Bonchev–Trinajstić information content (AvgIpc) is 3.83. The topological polar surface area (TPSA) is 164 Å². The molecule has 0 bridgehead atoms. The van der Waals surface area contributed by atoms with Crippen molar-refractivity contribution in [2.75, 3.05) is 59.2 Å². The van der Waals surface area contributed by atoms with Crippen LogP contribution in [0.25, 0.3) is 0 Å². The summed E-state index contributed by atoms with van der Waals surface area (Å²) in [5.41, 5.74) is 2.36. The molecular formula is C39H45F2N2NaO10S. The molecule has 2 saturated heterocycles. The molecule has 0 unspecified atom stereocenters. The van der Waals surface area contributed by atoms with E-state index in [2.05, 4.69) is 10.6 Å². The number of hydrogen-bond donors (Lipinski definition) is 3. The summed E-state index contributed by atoms with van der Waals surface area (Å²) in [4.78, 5) is 0. The van der Waals surface area contributed by atoms with E-state index in [0.29, 0.717) is 43.1 Å². The maximum atomic E-state index is 13.2. The third-order valence-corrected chi connectivity index (χ3v) is 9.43. The normalized spacial score (nSPS) is 20.6. The average molecular weight is 795 g/mol. The third kappa shape index (κ3) is 13.2. The van der Waals surface area contributed by atoms with Crippen molar-refractivity contribution in [2.45, 2.75) is 24.7 Å². The van der Waals surface area contributed by atoms with Crippen LogP contribution in [0.1, 0.15) is 35.8 Å². The van der Waals surface area contributed by atoms with Crippen molar-refractivity contribution in [3.63, 3.8) is 0 Å². The van der Waals surface area contributed by atoms with E-state index in [1.54, 1.807) is 0 Å². The molecule has 4 aromatic carbocycles. The summed E-state index contributed by atoms with van der Waals surface area (Å²) < 4.78 is 85.6. The molecule has 0 saturated carbocycles. The number of ether oxygens (including phenoxy) is 6. The van der Waals surface area contributed by atoms with Crippen LogP contribution in [0.3, 0.4) is 0 Å². The van der Waals surface area contributed by atoms with Gasteiger partial charge in [0.05, 0.1) is 19.5 Å². The molecule has 8 rings (SSSR count). The Morgan fingerprint density at radius 3 is 1.40 bits per heavy atom. The minimum atomic E-state index is -3.67. The van der Waals surface area contributed by atoms with Crippen LogP contribution in [0, 0.1) is 23.5 Å². The summed E-state index contributed by atoms with van der Waals surface area (Å²) in [6, 6.07) is 25.0. The molecule has 292 valence electrons. The summed E-state index contributed by atoms with van der Waals surface area (Å²) in [7, 11) is -3.67. The summed E-state index contributed by atoms with van der Waals surface area (Å²) in [6.07, 6.45) is 2.77. The fourth-order valence-electron chi connectivity index (χ4n) is 6.83. The third-order valence-electron chi connectivity index (χ3n) is 9.43. The van der Waals surface area contributed by atoms with Crippen LogP contribution in [0.2, 0.25) is 0 Å². The van der Waals surface area contributed by atoms with Crippen molar-refractivity contribution in [1.82, 2.24) is 10.6 Å². The Balaban J connectivity index is 0.000000211. The number of rotatable bonds is 8. The van der Waals surface area contributed by atoms with Crippen molar-refractivity contribution >= 4 is 10.1 Å². The molecule has 55 heavy (non-hydrogen) atoms. The van der Waals surface area contributed by atoms with Gasteiger partial charge in [-0.25, -0.2) is 8.78 Å². The second-order valence-electron chi connectivity index (χ2n) is 13.2. The molecule has 4 heterocycles. The van der Waals surface area contributed by atoms with Crippen molar-refractivity contribution in [1.29, 1.82) is 0 Å². The molecule has 16 heteroatoms. The standard InChI is InChI=1S/2C19H20FNO3.CH4O3S.Na.H2O/c2*20-15-3-1-13(2-4-15)17-7-8-21-10-14(17)11-22-16-5-6-18-19(9-16)24-12-23-18;1-5(2,3)4;;/h2*1-6,9,14,17,21H,7-8,10-12H2;1H3,(H,2,3,4);;1H2/q;;;+1;/p-1/t2*14-,17-;;;/m00.../s1. The molecular weight excluding hydrogens is 749 g/mol. The van der Waals surface area contributed by atoms with Gasteiger partial charge in [0, 0.05) is 37.1 Å². The SMILES string of the molecule is CS(=O)(=O)O.Fc1ccc([C@@H]2CCNC[C@H]2COc2ccc3c(c2)OCO3)cc1.Fc1ccc([C@@H]2CCNC[C@H]2COc2ccc3c(c2)OCO3)cc1.[Na+].[OH-]. The van der Waals surface area contributed by atoms with Gasteiger partial charge in [-0.3, -0.25) is 4.55 Å². The molecule has 0 aromatic heterocycles. The smallest absolute Gasteiger partial charge is 0.870 e. The predicted octanol–water partition coefficient (Wildman–Crippen LogP) is 2.98. The van der Waals surface area contributed by atoms with E-state index in [4.69, 9.17) is 33.0 Å². The molecule has 4 atom stereocenters. The van der Waals surface area contributed by atoms with Crippen molar-refractivity contribution in [3.05, 3.63) is 108 Å². The molecule has 4 aromatic rings. The molecule has 0 spiro atoms. The van der Waals surface area contributed by atoms with E-state index >= 15 is 0 Å². The number of hydrogen-bond acceptors (Lipinski definition) is 11. The first-order valence-electron chi connectivity index (χ1n) is 17.5. The number of piperidine rings is 2. The fourth-order valence-corrected chi connectivity index (χ4v) is 6.83. The maximum Gasteiger partial charge on any atom is 1.00 e. The van der Waals surface area contributed by atoms with Gasteiger partial charge in [-0.05, 0) is 97.4 Å². The predicted molar refractivity (Wildman–Crippen MR) is 196 cm³/mol. The van der Waals surface area contributed by atoms with E-state index < -0.39 is 10.1 Å². The van der Waals surface area contributed by atoms with Crippen LogP contribution >= 0.6 is 0 Å². The Labute approximate surface area is 342 Å². The molecule has 4 N–H and O–H groups in total. The van der Waals surface area contributed by atoms with E-state index in [9.17, 15) is 17.2 Å². The van der Waals surface area contributed by atoms with E-state index in [0.717, 1.165) is 73.5 Å². The maximum absolute atomic E-state index is 13.2. The van der Waals surface area contributed by atoms with Crippen LogP contribution in [0.4, 0.5) is 8.78 Å². The van der Waals surface area contributed by atoms with Gasteiger partial charge in [0.2, 0.25) is 13.6 Å². The van der Waals surface area contributed by atoms with E-state index in [-0.39, 0.29) is 60.3 Å². The number of nitrogens with one attached hydrogen (secondary N) is 2. The van der Waals surface area contributed by atoms with Gasteiger partial charge in [-0.15, -0.1) is 0 Å². The monoisotopic (exact) mass is 794 g/mol. The molecule has 12 nitrogen and oxygen atoms in total. The molecule has 4 aliphatic rings. The Hall–Kier alpha value is -3.67. The van der Waals surface area contributed by atoms with Crippen LogP contribution < -0.4 is 68.6 Å². The molecule has 0 amide bonds. The van der Waals surface area contributed by atoms with Gasteiger partial charge in [0.25, 0.3) is 10.1 Å². The zero-order valence-corrected chi connectivity index (χ0v) is 33.6. The zero-order valence-electron chi connectivity index (χ0n) is 30.8. The molecule has 0 aliphatic carbocycles. The minimum Gasteiger partial charge on any atom is -0.870 e. The molecule has 4 aliphatic heterocycles. The first-order valence-corrected chi connectivity index (χ1v) is 19.3. The van der Waals surface area contributed by atoms with Crippen LogP contribution in [-0.2, 0) is 10.1 Å². The summed E-state index contributed by atoms with van der Waals surface area (Å²) in [5.74, 6) is 5.57. The Morgan fingerprint density at radius 2 is 1.02 bits per heavy atom. The fraction of sp³-hybridized carbons (Fsp3) is 0.385. The summed E-state index contributed by atoms with van der Waals surface area (Å²) in [6.45, 7) is 5.48. The minimum absolute atomic E-state index is 0. The number of fused-ring (bicyclic) bond motifs is 2. The van der Waals surface area contributed by atoms with Gasteiger partial charge in [-0.2, -0.15) is 8.42 Å². The van der Waals surface area contributed by atoms with Crippen LogP contribution in [-0.4, -0.2) is 77.7 Å². The van der Waals surface area contributed by atoms with Crippen LogP contribution in [0.15, 0.2) is 84.9 Å². The van der Waals surface area contributed by atoms with Crippen molar-refractivity contribution < 1.29 is 85.2 Å². The van der Waals surface area contributed by atoms with Crippen molar-refractivity contribution in [3.8, 4) is 34.5 Å². The second-order valence-corrected chi connectivity index (χ2v) is 14.7. The Morgan fingerprint density at radius 1 is 0.655 bits per heavy atom. The van der Waals surface area contributed by atoms with Crippen molar-refractivity contribution in [2.24, 2.45) is 11.8 Å². The van der Waals surface area contributed by atoms with Gasteiger partial charge < -0.3 is 44.5 Å². The van der Waals surface area contributed by atoms with E-state index in [1.165, 1.54) is 35.4 Å². The Bertz CT molecular complexity index is 1780. The molecule has 0 radical (unpaired) electrons. The zero-order chi connectivity index (χ0) is 37.2. The van der Waals surface area contributed by atoms with Gasteiger partial charge in [0.15, 0.2) is 23.0 Å². The second kappa shape index (κ2) is 21.0. The Kier molecular flexibility index (Phi) is 16.8. The van der Waals surface area contributed by atoms with Gasteiger partial charge >= 0.3 is 29.6 Å². The van der Waals surface area contributed by atoms with Crippen LogP contribution in [0.5, 0.6) is 34.5 Å². The number of halogens is 2. The molecule has 2 fully saturated rings. The number of benzene rings is 4.